The molecule has 0 aliphatic carbocycles. The van der Waals surface area contributed by atoms with Crippen molar-refractivity contribution in [2.75, 3.05) is 56.5 Å². The van der Waals surface area contributed by atoms with Gasteiger partial charge in [-0.15, -0.1) is 0 Å². The summed E-state index contributed by atoms with van der Waals surface area (Å²) in [6.07, 6.45) is 1.17. The Hall–Kier alpha value is -3.46. The minimum Gasteiger partial charge on any atom is -0.461 e. The molecule has 10 nitrogen and oxygen atoms in total. The first-order valence-corrected chi connectivity index (χ1v) is 16.7. The number of rotatable bonds is 6. The van der Waals surface area contributed by atoms with E-state index >= 15 is 4.39 Å². The van der Waals surface area contributed by atoms with E-state index in [2.05, 4.69) is 20.2 Å². The number of fused-ring (bicyclic) bond motifs is 3. The Balaban J connectivity index is 1.20. The summed E-state index contributed by atoms with van der Waals surface area (Å²) in [7, 11) is 0. The number of hydrogen-bond donors (Lipinski definition) is 2. The molecule has 3 N–H and O–H groups in total. The third-order valence-electron chi connectivity index (χ3n) is 9.84. The third kappa shape index (κ3) is 4.92. The number of nitrogens with one attached hydrogen (secondary N) is 1. The van der Waals surface area contributed by atoms with Gasteiger partial charge in [0, 0.05) is 61.7 Å². The highest BCUT2D eigenvalue weighted by Crippen LogP contribution is 2.44. The Bertz CT molecular complexity index is 1890. The Labute approximate surface area is 271 Å². The Morgan fingerprint density at radius 3 is 2.72 bits per heavy atom. The summed E-state index contributed by atoms with van der Waals surface area (Å²) in [6.45, 7) is 5.16. The standard InChI is InChI=1S/C31H32ClF3N8O2S/c1-15-23(37-15)28(44)42-9-7-41(8-10-42)27-18-11-19(32)21(17-3-4-20(34)26-25(17)38-29(36)46-26)22(35)24(18)39-30(40-27)45-14-31-5-2-6-43(31)13-16(33)12-31/h3-4,11,15-16,23,37H,2,5-10,12-14H2,1H3,(H2,36,38)/t15-,16+,23+,31-/m0/s1. The lowest BCUT2D eigenvalue weighted by atomic mass is 9.95. The van der Waals surface area contributed by atoms with E-state index in [1.54, 1.807) is 6.07 Å². The Morgan fingerprint density at radius 2 is 1.96 bits per heavy atom. The van der Waals surface area contributed by atoms with Gasteiger partial charge in [0.05, 0.1) is 20.8 Å². The number of hydrogen-bond acceptors (Lipinski definition) is 10. The van der Waals surface area contributed by atoms with Gasteiger partial charge in [-0.1, -0.05) is 22.9 Å². The zero-order valence-electron chi connectivity index (χ0n) is 25.0. The van der Waals surface area contributed by atoms with Crippen molar-refractivity contribution in [3.05, 3.63) is 34.9 Å². The molecule has 15 heteroatoms. The van der Waals surface area contributed by atoms with E-state index in [-0.39, 0.29) is 67.6 Å². The molecule has 8 rings (SSSR count). The van der Waals surface area contributed by atoms with Crippen molar-refractivity contribution in [2.24, 2.45) is 0 Å². The highest BCUT2D eigenvalue weighted by atomic mass is 35.5. The average molecular weight is 673 g/mol. The van der Waals surface area contributed by atoms with Gasteiger partial charge in [-0.3, -0.25) is 15.0 Å². The van der Waals surface area contributed by atoms with Crippen LogP contribution in [-0.4, -0.2) is 100 Å². The molecule has 4 fully saturated rings. The molecule has 4 atom stereocenters. The Kier molecular flexibility index (Phi) is 7.20. The molecule has 4 aliphatic rings. The predicted octanol–water partition coefficient (Wildman–Crippen LogP) is 4.38. The van der Waals surface area contributed by atoms with Crippen molar-refractivity contribution < 1.29 is 22.7 Å². The van der Waals surface area contributed by atoms with E-state index in [1.165, 1.54) is 12.1 Å². The number of ether oxygens (including phenoxy) is 1. The number of carbonyl (C=O) groups excluding carboxylic acids is 1. The molecule has 242 valence electrons. The molecule has 2 aromatic heterocycles. The van der Waals surface area contributed by atoms with Crippen molar-refractivity contribution >= 4 is 60.9 Å². The van der Waals surface area contributed by atoms with Crippen molar-refractivity contribution in [2.45, 2.75) is 50.0 Å². The number of anilines is 2. The van der Waals surface area contributed by atoms with Crippen LogP contribution in [0.15, 0.2) is 18.2 Å². The van der Waals surface area contributed by atoms with Crippen LogP contribution in [-0.2, 0) is 4.79 Å². The molecule has 4 aromatic rings. The van der Waals surface area contributed by atoms with E-state index in [9.17, 15) is 13.6 Å². The van der Waals surface area contributed by atoms with Gasteiger partial charge in [0.2, 0.25) is 5.91 Å². The molecule has 4 saturated heterocycles. The summed E-state index contributed by atoms with van der Waals surface area (Å²) >= 11 is 7.76. The van der Waals surface area contributed by atoms with Crippen LogP contribution in [0.1, 0.15) is 26.2 Å². The van der Waals surface area contributed by atoms with E-state index in [4.69, 9.17) is 27.1 Å². The minimum absolute atomic E-state index is 0.0122. The highest BCUT2D eigenvalue weighted by Gasteiger charge is 2.49. The second-order valence-electron chi connectivity index (χ2n) is 12.7. The molecule has 46 heavy (non-hydrogen) atoms. The molecule has 0 unspecified atom stereocenters. The van der Waals surface area contributed by atoms with Crippen LogP contribution in [0.2, 0.25) is 5.02 Å². The fraction of sp³-hybridized carbons (Fsp3) is 0.484. The lowest BCUT2D eigenvalue weighted by Crippen LogP contribution is -2.50. The van der Waals surface area contributed by atoms with Crippen LogP contribution in [0.25, 0.3) is 32.2 Å². The van der Waals surface area contributed by atoms with Crippen molar-refractivity contribution in [3.8, 4) is 17.1 Å². The van der Waals surface area contributed by atoms with Crippen molar-refractivity contribution in [1.82, 2.24) is 30.1 Å². The maximum Gasteiger partial charge on any atom is 0.319 e. The zero-order valence-corrected chi connectivity index (χ0v) is 26.6. The Morgan fingerprint density at radius 1 is 1.17 bits per heavy atom. The number of benzene rings is 2. The first kappa shape index (κ1) is 29.9. The number of thiazole rings is 1. The maximum atomic E-state index is 16.8. The lowest BCUT2D eigenvalue weighted by Gasteiger charge is -2.36. The van der Waals surface area contributed by atoms with Crippen LogP contribution < -0.4 is 20.7 Å². The number of carbonyl (C=O) groups is 1. The number of nitrogens with two attached hydrogens (primary N) is 1. The molecule has 6 heterocycles. The summed E-state index contributed by atoms with van der Waals surface area (Å²) < 4.78 is 52.3. The van der Waals surface area contributed by atoms with Crippen LogP contribution in [0.4, 0.5) is 24.1 Å². The fourth-order valence-corrected chi connectivity index (χ4v) is 8.46. The quantitative estimate of drug-likeness (QED) is 0.287. The number of nitrogen functional groups attached to an aromatic ring is 1. The molecular weight excluding hydrogens is 641 g/mol. The second-order valence-corrected chi connectivity index (χ2v) is 14.1. The van der Waals surface area contributed by atoms with Crippen molar-refractivity contribution in [3.63, 3.8) is 0 Å². The number of halogens is 4. The van der Waals surface area contributed by atoms with E-state index in [0.29, 0.717) is 50.3 Å². The predicted molar refractivity (Wildman–Crippen MR) is 171 cm³/mol. The van der Waals surface area contributed by atoms with Gasteiger partial charge in [0.15, 0.2) is 10.9 Å². The average Bonchev–Trinajstić information content (AvgIpc) is 3.29. The molecule has 0 saturated carbocycles. The summed E-state index contributed by atoms with van der Waals surface area (Å²) in [5, 5.41) is 3.74. The minimum atomic E-state index is -0.931. The normalized spacial score (nSPS) is 26.3. The van der Waals surface area contributed by atoms with Gasteiger partial charge in [0.25, 0.3) is 0 Å². The highest BCUT2D eigenvalue weighted by molar-refractivity contribution is 7.22. The molecule has 0 bridgehead atoms. The van der Waals surface area contributed by atoms with E-state index in [0.717, 1.165) is 30.7 Å². The van der Waals surface area contributed by atoms with Gasteiger partial charge < -0.3 is 20.3 Å². The summed E-state index contributed by atoms with van der Waals surface area (Å²) in [4.78, 5) is 32.3. The number of amides is 1. The fourth-order valence-electron chi connectivity index (χ4n) is 7.40. The first-order chi connectivity index (χ1) is 22.1. The molecule has 2 aromatic carbocycles. The number of alkyl halides is 1. The molecule has 0 radical (unpaired) electrons. The zero-order chi connectivity index (χ0) is 31.9. The molecular formula is C31H32ClF3N8O2S. The van der Waals surface area contributed by atoms with Crippen LogP contribution in [0, 0.1) is 11.6 Å². The SMILES string of the molecule is C[C@@H]1N[C@H]1C(=O)N1CCN(c2nc(OC[C@@]34CCCN3C[C@H](F)C4)nc3c(F)c(-c4ccc(F)c5sc(N)nc45)c(Cl)cc23)CC1. The van der Waals surface area contributed by atoms with Crippen LogP contribution in [0.5, 0.6) is 6.01 Å². The third-order valence-corrected chi connectivity index (χ3v) is 11.0. The van der Waals surface area contributed by atoms with Gasteiger partial charge in [-0.05, 0) is 44.5 Å². The maximum absolute atomic E-state index is 16.8. The number of piperazine rings is 1. The summed E-state index contributed by atoms with van der Waals surface area (Å²) in [6, 6.07) is 4.25. The van der Waals surface area contributed by atoms with Gasteiger partial charge >= 0.3 is 6.01 Å². The van der Waals surface area contributed by atoms with Crippen LogP contribution in [0.3, 0.4) is 0 Å². The largest absolute Gasteiger partial charge is 0.461 e. The van der Waals surface area contributed by atoms with Crippen LogP contribution >= 0.6 is 22.9 Å². The lowest BCUT2D eigenvalue weighted by molar-refractivity contribution is -0.131. The monoisotopic (exact) mass is 672 g/mol. The molecule has 4 aliphatic heterocycles. The topological polar surface area (TPSA) is 123 Å². The smallest absolute Gasteiger partial charge is 0.319 e. The number of nitrogens with zero attached hydrogens (tertiary/aromatic N) is 6. The molecule has 1 amide bonds. The summed E-state index contributed by atoms with van der Waals surface area (Å²) in [5.74, 6) is -0.754. The van der Waals surface area contributed by atoms with Gasteiger partial charge in [-0.2, -0.15) is 9.97 Å². The first-order valence-electron chi connectivity index (χ1n) is 15.5. The number of aromatic nitrogens is 3. The second kappa shape index (κ2) is 11.1. The van der Waals surface area contributed by atoms with E-state index < -0.39 is 23.3 Å². The van der Waals surface area contributed by atoms with Crippen molar-refractivity contribution in [1.29, 1.82) is 0 Å². The van der Waals surface area contributed by atoms with Gasteiger partial charge in [-0.25, -0.2) is 18.2 Å². The molecule has 0 spiro atoms. The summed E-state index contributed by atoms with van der Waals surface area (Å²) in [5.41, 5.74) is 5.92. The van der Waals surface area contributed by atoms with E-state index in [1.807, 2.05) is 16.7 Å². The van der Waals surface area contributed by atoms with Gasteiger partial charge in [0.1, 0.15) is 36.0 Å².